The van der Waals surface area contributed by atoms with Crippen LogP contribution in [0, 0.1) is 5.82 Å². The van der Waals surface area contributed by atoms with Crippen LogP contribution in [0.25, 0.3) is 0 Å². The Hall–Kier alpha value is -2.35. The number of benzene rings is 1. The third-order valence-corrected chi connectivity index (χ3v) is 5.02. The zero-order valence-corrected chi connectivity index (χ0v) is 16.4. The van der Waals surface area contributed by atoms with E-state index >= 15 is 0 Å². The summed E-state index contributed by atoms with van der Waals surface area (Å²) in [6, 6.07) is 5.66. The van der Waals surface area contributed by atoms with E-state index in [1.807, 2.05) is 18.7 Å². The Bertz CT molecular complexity index is 671. The van der Waals surface area contributed by atoms with Crippen LogP contribution in [0.1, 0.15) is 26.7 Å². The molecule has 0 bridgehead atoms. The molecular formula is C20H28FN3O4. The summed E-state index contributed by atoms with van der Waals surface area (Å²) in [6.45, 7) is 6.05. The fourth-order valence-electron chi connectivity index (χ4n) is 3.52. The molecule has 0 saturated carbocycles. The number of rotatable bonds is 6. The molecule has 2 heterocycles. The molecule has 0 atom stereocenters. The molecule has 1 aromatic carbocycles. The van der Waals surface area contributed by atoms with Crippen LogP contribution in [0.15, 0.2) is 24.3 Å². The van der Waals surface area contributed by atoms with Crippen molar-refractivity contribution in [3.8, 4) is 5.75 Å². The highest BCUT2D eigenvalue weighted by Gasteiger charge is 2.40. The lowest BCUT2D eigenvalue weighted by atomic mass is 10.0. The highest BCUT2D eigenvalue weighted by Crippen LogP contribution is 2.24. The van der Waals surface area contributed by atoms with E-state index in [1.54, 1.807) is 4.90 Å². The van der Waals surface area contributed by atoms with Gasteiger partial charge >= 0.3 is 6.03 Å². The number of nitrogens with one attached hydrogen (secondary N) is 1. The Morgan fingerprint density at radius 2 is 1.86 bits per heavy atom. The van der Waals surface area contributed by atoms with Gasteiger partial charge in [-0.3, -0.25) is 4.79 Å². The second-order valence-corrected chi connectivity index (χ2v) is 7.55. The van der Waals surface area contributed by atoms with Crippen LogP contribution in [0.2, 0.25) is 0 Å². The molecule has 8 heteroatoms. The molecule has 0 radical (unpaired) electrons. The lowest BCUT2D eigenvalue weighted by molar-refractivity contribution is -0.141. The summed E-state index contributed by atoms with van der Waals surface area (Å²) in [4.78, 5) is 28.6. The van der Waals surface area contributed by atoms with Gasteiger partial charge in [-0.15, -0.1) is 0 Å². The first-order valence-electron chi connectivity index (χ1n) is 9.76. The topological polar surface area (TPSA) is 71.1 Å². The third kappa shape index (κ3) is 5.13. The predicted molar refractivity (Wildman–Crippen MR) is 102 cm³/mol. The van der Waals surface area contributed by atoms with E-state index < -0.39 is 0 Å². The van der Waals surface area contributed by atoms with Gasteiger partial charge in [0, 0.05) is 38.4 Å². The normalized spacial score (nSPS) is 17.9. The first kappa shape index (κ1) is 20.4. The molecule has 154 valence electrons. The summed E-state index contributed by atoms with van der Waals surface area (Å²) in [5.74, 6) is -0.0409. The summed E-state index contributed by atoms with van der Waals surface area (Å²) >= 11 is 0. The van der Waals surface area contributed by atoms with Crippen LogP contribution in [-0.4, -0.2) is 72.8 Å². The van der Waals surface area contributed by atoms with Crippen molar-refractivity contribution in [1.29, 1.82) is 0 Å². The van der Waals surface area contributed by atoms with Gasteiger partial charge in [-0.2, -0.15) is 0 Å². The van der Waals surface area contributed by atoms with Crippen molar-refractivity contribution in [2.45, 2.75) is 44.8 Å². The maximum atomic E-state index is 12.9. The number of nitrogens with zero attached hydrogens (tertiary/aromatic N) is 2. The van der Waals surface area contributed by atoms with E-state index in [2.05, 4.69) is 5.32 Å². The third-order valence-electron chi connectivity index (χ3n) is 5.02. The average Bonchev–Trinajstić information content (AvgIpc) is 2.63. The summed E-state index contributed by atoms with van der Waals surface area (Å²) in [7, 11) is 0. The van der Waals surface area contributed by atoms with Gasteiger partial charge in [-0.05, 0) is 51.0 Å². The molecule has 2 aliphatic heterocycles. The number of carbonyl (C=O) groups is 2. The maximum Gasteiger partial charge on any atom is 0.318 e. The summed E-state index contributed by atoms with van der Waals surface area (Å²) in [6.07, 6.45) is 1.62. The van der Waals surface area contributed by atoms with E-state index in [1.165, 1.54) is 24.3 Å². The molecule has 2 fully saturated rings. The van der Waals surface area contributed by atoms with Gasteiger partial charge in [0.25, 0.3) is 5.91 Å². The van der Waals surface area contributed by atoms with Crippen LogP contribution < -0.4 is 10.1 Å². The lowest BCUT2D eigenvalue weighted by Gasteiger charge is -2.48. The van der Waals surface area contributed by atoms with Gasteiger partial charge in [0.2, 0.25) is 0 Å². The fraction of sp³-hybridized carbons (Fsp3) is 0.600. The molecule has 0 aliphatic carbocycles. The number of carbonyl (C=O) groups excluding carboxylic acids is 2. The van der Waals surface area contributed by atoms with E-state index in [-0.39, 0.29) is 42.5 Å². The second kappa shape index (κ2) is 9.23. The molecule has 7 nitrogen and oxygen atoms in total. The van der Waals surface area contributed by atoms with Gasteiger partial charge in [0.1, 0.15) is 11.6 Å². The summed E-state index contributed by atoms with van der Waals surface area (Å²) < 4.78 is 23.8. The number of ether oxygens (including phenoxy) is 2. The Morgan fingerprint density at radius 3 is 2.46 bits per heavy atom. The lowest BCUT2D eigenvalue weighted by Crippen LogP contribution is -2.67. The smallest absolute Gasteiger partial charge is 0.318 e. The van der Waals surface area contributed by atoms with E-state index in [4.69, 9.17) is 9.47 Å². The highest BCUT2D eigenvalue weighted by atomic mass is 19.1. The van der Waals surface area contributed by atoms with Gasteiger partial charge in [0.05, 0.1) is 6.04 Å². The number of halogens is 1. The summed E-state index contributed by atoms with van der Waals surface area (Å²) in [5, 5.41) is 2.97. The molecule has 3 amide bonds. The van der Waals surface area contributed by atoms with E-state index in [9.17, 15) is 14.0 Å². The summed E-state index contributed by atoms with van der Waals surface area (Å²) in [5.41, 5.74) is 0. The van der Waals surface area contributed by atoms with Gasteiger partial charge in [-0.1, -0.05) is 0 Å². The van der Waals surface area contributed by atoms with Crippen LogP contribution >= 0.6 is 0 Å². The van der Waals surface area contributed by atoms with Crippen molar-refractivity contribution >= 4 is 11.9 Å². The Labute approximate surface area is 164 Å². The van der Waals surface area contributed by atoms with Crippen molar-refractivity contribution < 1.29 is 23.5 Å². The Morgan fingerprint density at radius 1 is 1.21 bits per heavy atom. The zero-order valence-electron chi connectivity index (χ0n) is 16.4. The molecule has 0 aromatic heterocycles. The molecule has 0 spiro atoms. The molecule has 3 rings (SSSR count). The standard InChI is InChI=1S/C20H28FN3O4/c1-14(2)22-20(26)24(16-7-9-27-10-8-16)17-11-23(12-17)19(25)13-28-18-5-3-15(21)4-6-18/h3-6,14,16-17H,7-13H2,1-2H3,(H,22,26). The molecule has 28 heavy (non-hydrogen) atoms. The quantitative estimate of drug-likeness (QED) is 0.803. The SMILES string of the molecule is CC(C)NC(=O)N(C1CCOCC1)C1CN(C(=O)COc2ccc(F)cc2)C1. The van der Waals surface area contributed by atoms with E-state index in [0.717, 1.165) is 12.8 Å². The average molecular weight is 393 g/mol. The Balaban J connectivity index is 1.52. The zero-order chi connectivity index (χ0) is 20.1. The fourth-order valence-corrected chi connectivity index (χ4v) is 3.52. The number of likely N-dealkylation sites (tertiary alicyclic amines) is 1. The monoisotopic (exact) mass is 393 g/mol. The number of urea groups is 1. The van der Waals surface area contributed by atoms with Crippen LogP contribution in [0.3, 0.4) is 0 Å². The number of hydrogen-bond acceptors (Lipinski definition) is 4. The second-order valence-electron chi connectivity index (χ2n) is 7.55. The minimum atomic E-state index is -0.350. The van der Waals surface area contributed by atoms with Crippen molar-refractivity contribution in [3.05, 3.63) is 30.1 Å². The van der Waals surface area contributed by atoms with Crippen molar-refractivity contribution in [3.63, 3.8) is 0 Å². The molecule has 2 saturated heterocycles. The molecule has 2 aliphatic rings. The largest absolute Gasteiger partial charge is 0.484 e. The number of amides is 3. The maximum absolute atomic E-state index is 12.9. The van der Waals surface area contributed by atoms with Crippen molar-refractivity contribution in [1.82, 2.24) is 15.1 Å². The predicted octanol–water partition coefficient (Wildman–Crippen LogP) is 2.01. The van der Waals surface area contributed by atoms with Crippen LogP contribution in [0.4, 0.5) is 9.18 Å². The molecule has 0 unspecified atom stereocenters. The van der Waals surface area contributed by atoms with Gasteiger partial charge < -0.3 is 24.6 Å². The van der Waals surface area contributed by atoms with Crippen LogP contribution in [-0.2, 0) is 9.53 Å². The minimum absolute atomic E-state index is 0.00313. The highest BCUT2D eigenvalue weighted by molar-refractivity contribution is 5.80. The first-order valence-corrected chi connectivity index (χ1v) is 9.76. The molecular weight excluding hydrogens is 365 g/mol. The van der Waals surface area contributed by atoms with Gasteiger partial charge in [-0.25, -0.2) is 9.18 Å². The molecule has 1 aromatic rings. The van der Waals surface area contributed by atoms with Gasteiger partial charge in [0.15, 0.2) is 6.61 Å². The minimum Gasteiger partial charge on any atom is -0.484 e. The van der Waals surface area contributed by atoms with E-state index in [0.29, 0.717) is 32.1 Å². The van der Waals surface area contributed by atoms with Crippen LogP contribution in [0.5, 0.6) is 5.75 Å². The van der Waals surface area contributed by atoms with Crippen molar-refractivity contribution in [2.24, 2.45) is 0 Å². The van der Waals surface area contributed by atoms with Crippen molar-refractivity contribution in [2.75, 3.05) is 32.9 Å². The Kier molecular flexibility index (Phi) is 6.72. The molecule has 1 N–H and O–H groups in total. The number of hydrogen-bond donors (Lipinski definition) is 1. The first-order chi connectivity index (χ1) is 13.4.